The Balaban J connectivity index is 1.87. The van der Waals surface area contributed by atoms with Crippen LogP contribution >= 0.6 is 0 Å². The molecular formula is C14H20OS2+2. The van der Waals surface area contributed by atoms with E-state index in [1.54, 1.807) is 12.7 Å². The molecule has 0 radical (unpaired) electrons. The molecule has 3 aliphatic rings. The molecule has 17 heavy (non-hydrogen) atoms. The van der Waals surface area contributed by atoms with Gasteiger partial charge in [-0.15, -0.1) is 0 Å². The SMILES string of the molecule is COc1ccc([C@@H]2[C@@H](C)[S+]3CC[S+]2CC3)cc1. The van der Waals surface area contributed by atoms with E-state index < -0.39 is 0 Å². The molecule has 0 N–H and O–H groups in total. The quantitative estimate of drug-likeness (QED) is 0.748. The second-order valence-corrected chi connectivity index (χ2v) is 9.82. The monoisotopic (exact) mass is 268 g/mol. The van der Waals surface area contributed by atoms with E-state index in [9.17, 15) is 0 Å². The van der Waals surface area contributed by atoms with Crippen LogP contribution in [0.3, 0.4) is 0 Å². The molecule has 3 saturated heterocycles. The van der Waals surface area contributed by atoms with Crippen LogP contribution in [0.5, 0.6) is 5.75 Å². The molecule has 0 unspecified atom stereocenters. The van der Waals surface area contributed by atoms with Gasteiger partial charge in [-0.25, -0.2) is 0 Å². The first-order valence-electron chi connectivity index (χ1n) is 6.26. The van der Waals surface area contributed by atoms with Gasteiger partial charge in [0.05, 0.1) is 7.11 Å². The van der Waals surface area contributed by atoms with E-state index >= 15 is 0 Å². The van der Waals surface area contributed by atoms with E-state index in [1.807, 2.05) is 0 Å². The van der Waals surface area contributed by atoms with E-state index in [-0.39, 0.29) is 0 Å². The maximum atomic E-state index is 5.25. The van der Waals surface area contributed by atoms with Crippen molar-refractivity contribution in [3.05, 3.63) is 29.8 Å². The molecule has 3 heterocycles. The van der Waals surface area contributed by atoms with Crippen molar-refractivity contribution in [3.63, 3.8) is 0 Å². The zero-order valence-corrected chi connectivity index (χ0v) is 12.2. The fraction of sp³-hybridized carbons (Fsp3) is 0.571. The minimum atomic E-state index is 0.653. The molecule has 92 valence electrons. The first-order chi connectivity index (χ1) is 8.29. The van der Waals surface area contributed by atoms with Crippen molar-refractivity contribution in [3.8, 4) is 5.75 Å². The molecule has 1 aromatic rings. The van der Waals surface area contributed by atoms with Gasteiger partial charge in [-0.1, -0.05) is 12.1 Å². The van der Waals surface area contributed by atoms with Crippen LogP contribution in [-0.2, 0) is 21.8 Å². The van der Waals surface area contributed by atoms with Crippen molar-refractivity contribution in [2.75, 3.05) is 30.1 Å². The number of ether oxygens (including phenoxy) is 1. The molecule has 4 rings (SSSR count). The number of fused-ring (bicyclic) bond motifs is 3. The van der Waals surface area contributed by atoms with Crippen molar-refractivity contribution >= 4 is 21.8 Å². The summed E-state index contributed by atoms with van der Waals surface area (Å²) in [7, 11) is 3.10. The molecule has 0 aliphatic carbocycles. The molecule has 0 saturated carbocycles. The van der Waals surface area contributed by atoms with Crippen molar-refractivity contribution < 1.29 is 4.74 Å². The Kier molecular flexibility index (Phi) is 3.31. The summed E-state index contributed by atoms with van der Waals surface area (Å²) < 4.78 is 5.25. The molecule has 3 heteroatoms. The molecular weight excluding hydrogens is 248 g/mol. The summed E-state index contributed by atoms with van der Waals surface area (Å²) in [5.41, 5.74) is 1.55. The minimum absolute atomic E-state index is 0.653. The Labute approximate surface area is 110 Å². The average Bonchev–Trinajstić information content (AvgIpc) is 2.40. The van der Waals surface area contributed by atoms with Crippen LogP contribution in [0.1, 0.15) is 17.7 Å². The predicted octanol–water partition coefficient (Wildman–Crippen LogP) is 2.39. The normalized spacial score (nSPS) is 35.9. The molecule has 1 nitrogen and oxygen atoms in total. The van der Waals surface area contributed by atoms with Gasteiger partial charge in [-0.3, -0.25) is 0 Å². The minimum Gasteiger partial charge on any atom is -0.497 e. The van der Waals surface area contributed by atoms with Crippen LogP contribution in [0, 0.1) is 0 Å². The topological polar surface area (TPSA) is 9.23 Å². The van der Waals surface area contributed by atoms with Crippen LogP contribution in [0.15, 0.2) is 24.3 Å². The summed E-state index contributed by atoms with van der Waals surface area (Å²) in [5, 5.41) is 1.75. The lowest BCUT2D eigenvalue weighted by atomic mass is 10.1. The number of hydrogen-bond acceptors (Lipinski definition) is 1. The Bertz CT molecular complexity index is 380. The van der Waals surface area contributed by atoms with Crippen molar-refractivity contribution in [1.82, 2.24) is 0 Å². The third-order valence-corrected chi connectivity index (χ3v) is 10.3. The Morgan fingerprint density at radius 3 is 2.12 bits per heavy atom. The van der Waals surface area contributed by atoms with E-state index in [0.717, 1.165) is 16.2 Å². The number of methoxy groups -OCH3 is 1. The first-order valence-corrected chi connectivity index (χ1v) is 9.51. The van der Waals surface area contributed by atoms with Gasteiger partial charge in [-0.2, -0.15) is 0 Å². The Hall–Kier alpha value is -0.280. The number of hydrogen-bond donors (Lipinski definition) is 0. The second-order valence-electron chi connectivity index (χ2n) is 4.79. The zero-order valence-electron chi connectivity index (χ0n) is 10.5. The van der Waals surface area contributed by atoms with Crippen LogP contribution < -0.4 is 4.74 Å². The van der Waals surface area contributed by atoms with Gasteiger partial charge < -0.3 is 4.74 Å². The summed E-state index contributed by atoms with van der Waals surface area (Å²) in [6, 6.07) is 8.83. The predicted molar refractivity (Wildman–Crippen MR) is 79.4 cm³/mol. The van der Waals surface area contributed by atoms with Crippen LogP contribution in [0.4, 0.5) is 0 Å². The molecule has 0 aromatic heterocycles. The maximum absolute atomic E-state index is 5.25. The van der Waals surface area contributed by atoms with Crippen LogP contribution in [0.25, 0.3) is 0 Å². The second kappa shape index (κ2) is 4.77. The van der Waals surface area contributed by atoms with Crippen molar-refractivity contribution in [2.45, 2.75) is 17.4 Å². The molecule has 0 spiro atoms. The third kappa shape index (κ3) is 2.08. The standard InChI is InChI=1S/C14H20OS2/c1-11-14(17-9-7-16(11)8-10-17)12-3-5-13(15-2)6-4-12/h3-6,11,14H,7-10H2,1-2H3/q+2/t11-,14+,16?,17?/m1/s1. The number of benzene rings is 1. The highest BCUT2D eigenvalue weighted by atomic mass is 32.2. The largest absolute Gasteiger partial charge is 0.497 e. The Morgan fingerprint density at radius 1 is 1.00 bits per heavy atom. The molecule has 2 atom stereocenters. The van der Waals surface area contributed by atoms with Crippen LogP contribution in [-0.4, -0.2) is 35.4 Å². The summed E-state index contributed by atoms with van der Waals surface area (Å²) in [6.07, 6.45) is 0. The summed E-state index contributed by atoms with van der Waals surface area (Å²) >= 11 is 0. The fourth-order valence-corrected chi connectivity index (χ4v) is 10.6. The Morgan fingerprint density at radius 2 is 1.59 bits per heavy atom. The molecule has 3 fully saturated rings. The lowest BCUT2D eigenvalue weighted by Crippen LogP contribution is -2.51. The summed E-state index contributed by atoms with van der Waals surface area (Å²) in [4.78, 5) is 0. The van der Waals surface area contributed by atoms with E-state index in [0.29, 0.717) is 21.8 Å². The highest BCUT2D eigenvalue weighted by Gasteiger charge is 2.55. The van der Waals surface area contributed by atoms with Gasteiger partial charge in [0.1, 0.15) is 5.75 Å². The lowest BCUT2D eigenvalue weighted by Gasteiger charge is -2.34. The van der Waals surface area contributed by atoms with Gasteiger partial charge in [0, 0.05) is 27.4 Å². The van der Waals surface area contributed by atoms with Gasteiger partial charge in [0.25, 0.3) is 0 Å². The number of rotatable bonds is 2. The van der Waals surface area contributed by atoms with Crippen molar-refractivity contribution in [2.24, 2.45) is 0 Å². The fourth-order valence-electron chi connectivity index (χ4n) is 2.96. The van der Waals surface area contributed by atoms with Gasteiger partial charge in [-0.05, 0) is 19.1 Å². The highest BCUT2D eigenvalue weighted by molar-refractivity contribution is 8.07. The lowest BCUT2D eigenvalue weighted by molar-refractivity contribution is 0.414. The van der Waals surface area contributed by atoms with E-state index in [1.165, 1.54) is 23.0 Å². The maximum Gasteiger partial charge on any atom is 0.190 e. The third-order valence-electron chi connectivity index (χ3n) is 3.97. The van der Waals surface area contributed by atoms with Gasteiger partial charge >= 0.3 is 0 Å². The smallest absolute Gasteiger partial charge is 0.190 e. The summed E-state index contributed by atoms with van der Waals surface area (Å²) in [6.45, 7) is 2.48. The zero-order chi connectivity index (χ0) is 11.8. The van der Waals surface area contributed by atoms with E-state index in [4.69, 9.17) is 4.74 Å². The molecule has 3 aliphatic heterocycles. The van der Waals surface area contributed by atoms with Gasteiger partial charge in [0.2, 0.25) is 0 Å². The van der Waals surface area contributed by atoms with Gasteiger partial charge in [0.15, 0.2) is 33.5 Å². The average molecular weight is 268 g/mol. The highest BCUT2D eigenvalue weighted by Crippen LogP contribution is 2.41. The van der Waals surface area contributed by atoms with Crippen LogP contribution in [0.2, 0.25) is 0 Å². The molecule has 1 aromatic carbocycles. The van der Waals surface area contributed by atoms with Crippen molar-refractivity contribution in [1.29, 1.82) is 0 Å². The molecule has 2 bridgehead atoms. The summed E-state index contributed by atoms with van der Waals surface area (Å²) in [5.74, 6) is 6.98. The first kappa shape index (κ1) is 11.8. The molecule has 0 amide bonds. The van der Waals surface area contributed by atoms with E-state index in [2.05, 4.69) is 31.2 Å².